The minimum absolute atomic E-state index is 0.0312. The number of pyridine rings is 1. The molecule has 168 valence electrons. The second kappa shape index (κ2) is 8.10. The van der Waals surface area contributed by atoms with Crippen molar-refractivity contribution in [2.24, 2.45) is 0 Å². The largest absolute Gasteiger partial charge is 0.374 e. The molecule has 3 aromatic rings. The number of aromatic nitrogens is 3. The van der Waals surface area contributed by atoms with E-state index in [9.17, 15) is 23.6 Å². The summed E-state index contributed by atoms with van der Waals surface area (Å²) in [7, 11) is 0. The molecule has 0 saturated carbocycles. The third-order valence-corrected chi connectivity index (χ3v) is 6.08. The highest BCUT2D eigenvalue weighted by Crippen LogP contribution is 2.37. The van der Waals surface area contributed by atoms with Crippen molar-refractivity contribution in [1.82, 2.24) is 14.1 Å². The van der Waals surface area contributed by atoms with Gasteiger partial charge < -0.3 is 9.64 Å². The first-order valence-electron chi connectivity index (χ1n) is 10.1. The van der Waals surface area contributed by atoms with Crippen LogP contribution in [0.4, 0.5) is 14.6 Å². The van der Waals surface area contributed by atoms with Gasteiger partial charge in [-0.15, -0.1) is 0 Å². The molecule has 2 aromatic heterocycles. The molecule has 0 aliphatic carbocycles. The molecule has 2 fully saturated rings. The average Bonchev–Trinajstić information content (AvgIpc) is 3.41. The van der Waals surface area contributed by atoms with Gasteiger partial charge in [0.15, 0.2) is 11.6 Å². The molecule has 33 heavy (non-hydrogen) atoms. The second-order valence-corrected chi connectivity index (χ2v) is 8.29. The van der Waals surface area contributed by atoms with Gasteiger partial charge in [0, 0.05) is 12.7 Å². The van der Waals surface area contributed by atoms with E-state index in [-0.39, 0.29) is 46.3 Å². The lowest BCUT2D eigenvalue weighted by atomic mass is 10.1. The number of rotatable bonds is 4. The standard InChI is InChI=1S/C22H16ClF2N5O3/c23-13-6-14(9-27-8-13)30-21(31)19(12-1-2-17(24)18(25)5-12)20(28(4-3-26)22(30)32)29-10-16-7-15(29)11-33-16/h1-2,5-6,8-9,15-16H,4,7,10-11H2/t15-,16-/m0/s1. The molecule has 2 atom stereocenters. The molecule has 2 aliphatic rings. The van der Waals surface area contributed by atoms with E-state index in [1.165, 1.54) is 29.1 Å². The van der Waals surface area contributed by atoms with E-state index in [0.29, 0.717) is 19.6 Å². The number of nitrogens with zero attached hydrogens (tertiary/aromatic N) is 5. The molecule has 0 unspecified atom stereocenters. The molecule has 2 aliphatic heterocycles. The van der Waals surface area contributed by atoms with Gasteiger partial charge in [0.2, 0.25) is 0 Å². The van der Waals surface area contributed by atoms with Crippen molar-refractivity contribution in [3.8, 4) is 22.9 Å². The van der Waals surface area contributed by atoms with E-state index < -0.39 is 22.9 Å². The van der Waals surface area contributed by atoms with Crippen LogP contribution in [0.2, 0.25) is 5.02 Å². The maximum atomic E-state index is 14.2. The van der Waals surface area contributed by atoms with Crippen LogP contribution >= 0.6 is 11.6 Å². The van der Waals surface area contributed by atoms with Crippen LogP contribution in [0.1, 0.15) is 6.42 Å². The van der Waals surface area contributed by atoms with Gasteiger partial charge in [0.1, 0.15) is 12.4 Å². The summed E-state index contributed by atoms with van der Waals surface area (Å²) in [6, 6.07) is 6.31. The van der Waals surface area contributed by atoms with Gasteiger partial charge in [-0.2, -0.15) is 5.26 Å². The van der Waals surface area contributed by atoms with Crippen molar-refractivity contribution >= 4 is 17.4 Å². The van der Waals surface area contributed by atoms with Gasteiger partial charge in [-0.1, -0.05) is 17.7 Å². The Morgan fingerprint density at radius 2 is 2.03 bits per heavy atom. The Morgan fingerprint density at radius 1 is 1.21 bits per heavy atom. The quantitative estimate of drug-likeness (QED) is 0.580. The number of hydrogen-bond donors (Lipinski definition) is 0. The molecule has 0 amide bonds. The van der Waals surface area contributed by atoms with E-state index in [1.54, 1.807) is 0 Å². The zero-order chi connectivity index (χ0) is 23.3. The van der Waals surface area contributed by atoms with Gasteiger partial charge >= 0.3 is 5.69 Å². The molecular formula is C22H16ClF2N5O3. The van der Waals surface area contributed by atoms with E-state index in [2.05, 4.69) is 4.98 Å². The van der Waals surface area contributed by atoms with Crippen molar-refractivity contribution < 1.29 is 13.5 Å². The first-order chi connectivity index (χ1) is 15.9. The molecule has 5 rings (SSSR count). The molecule has 0 N–H and O–H groups in total. The summed E-state index contributed by atoms with van der Waals surface area (Å²) in [5, 5.41) is 9.67. The lowest BCUT2D eigenvalue weighted by molar-refractivity contribution is 0.0986. The summed E-state index contributed by atoms with van der Waals surface area (Å²) < 4.78 is 35.5. The fraction of sp³-hybridized carbons (Fsp3) is 0.273. The molecule has 11 heteroatoms. The Morgan fingerprint density at radius 3 is 2.67 bits per heavy atom. The van der Waals surface area contributed by atoms with Crippen LogP contribution in [-0.2, 0) is 11.3 Å². The summed E-state index contributed by atoms with van der Waals surface area (Å²) in [5.41, 5.74) is -1.39. The highest BCUT2D eigenvalue weighted by molar-refractivity contribution is 6.30. The smallest absolute Gasteiger partial charge is 0.338 e. The Kier molecular flexibility index (Phi) is 5.23. The Bertz CT molecular complexity index is 1430. The van der Waals surface area contributed by atoms with Crippen LogP contribution in [0.25, 0.3) is 16.8 Å². The predicted octanol–water partition coefficient (Wildman–Crippen LogP) is 2.49. The molecule has 2 bridgehead atoms. The van der Waals surface area contributed by atoms with Crippen LogP contribution < -0.4 is 16.1 Å². The van der Waals surface area contributed by atoms with Crippen LogP contribution in [0.3, 0.4) is 0 Å². The zero-order valence-corrected chi connectivity index (χ0v) is 17.8. The van der Waals surface area contributed by atoms with Crippen molar-refractivity contribution in [3.05, 3.63) is 74.2 Å². The van der Waals surface area contributed by atoms with Gasteiger partial charge in [-0.25, -0.2) is 18.1 Å². The van der Waals surface area contributed by atoms with Crippen molar-refractivity contribution in [2.75, 3.05) is 18.1 Å². The number of halogens is 3. The predicted molar refractivity (Wildman–Crippen MR) is 116 cm³/mol. The number of ether oxygens (including phenoxy) is 1. The van der Waals surface area contributed by atoms with Crippen LogP contribution in [-0.4, -0.2) is 39.4 Å². The zero-order valence-electron chi connectivity index (χ0n) is 17.0. The summed E-state index contributed by atoms with van der Waals surface area (Å²) in [6.07, 6.45) is 3.23. The van der Waals surface area contributed by atoms with Crippen molar-refractivity contribution in [2.45, 2.75) is 25.1 Å². The van der Waals surface area contributed by atoms with Crippen LogP contribution in [0.5, 0.6) is 0 Å². The van der Waals surface area contributed by atoms with E-state index in [0.717, 1.165) is 16.7 Å². The molecule has 8 nitrogen and oxygen atoms in total. The van der Waals surface area contributed by atoms with Gasteiger partial charge in [-0.3, -0.25) is 14.3 Å². The third kappa shape index (κ3) is 3.50. The minimum Gasteiger partial charge on any atom is -0.374 e. The number of morpholine rings is 1. The fourth-order valence-electron chi connectivity index (χ4n) is 4.47. The topological polar surface area (TPSA) is 93.2 Å². The van der Waals surface area contributed by atoms with Gasteiger partial charge in [0.05, 0.1) is 47.3 Å². The van der Waals surface area contributed by atoms with Crippen LogP contribution in [0, 0.1) is 23.0 Å². The minimum atomic E-state index is -1.14. The van der Waals surface area contributed by atoms with E-state index >= 15 is 0 Å². The third-order valence-electron chi connectivity index (χ3n) is 5.88. The lowest BCUT2D eigenvalue weighted by Gasteiger charge is -2.32. The Labute approximate surface area is 190 Å². The summed E-state index contributed by atoms with van der Waals surface area (Å²) in [5.74, 6) is -2.03. The Balaban J connectivity index is 1.88. The van der Waals surface area contributed by atoms with Gasteiger partial charge in [-0.05, 0) is 30.2 Å². The summed E-state index contributed by atoms with van der Waals surface area (Å²) >= 11 is 6.02. The SMILES string of the molecule is N#CCn1c(N2C[C@@H]3C[C@H]2CO3)c(-c2ccc(F)c(F)c2)c(=O)n(-c2cncc(Cl)c2)c1=O. The maximum absolute atomic E-state index is 14.2. The number of hydrogen-bond acceptors (Lipinski definition) is 6. The number of nitriles is 1. The average molecular weight is 472 g/mol. The molecule has 4 heterocycles. The molecule has 0 radical (unpaired) electrons. The molecule has 2 saturated heterocycles. The van der Waals surface area contributed by atoms with E-state index in [4.69, 9.17) is 16.3 Å². The normalized spacial score (nSPS) is 19.2. The molecule has 1 aromatic carbocycles. The number of fused-ring (bicyclic) bond motifs is 2. The molecular weight excluding hydrogens is 456 g/mol. The fourth-order valence-corrected chi connectivity index (χ4v) is 4.63. The highest BCUT2D eigenvalue weighted by Gasteiger charge is 2.42. The summed E-state index contributed by atoms with van der Waals surface area (Å²) in [6.45, 7) is 0.423. The Hall–Kier alpha value is -3.55. The lowest BCUT2D eigenvalue weighted by Crippen LogP contribution is -2.46. The summed E-state index contributed by atoms with van der Waals surface area (Å²) in [4.78, 5) is 33.0. The number of benzene rings is 1. The second-order valence-electron chi connectivity index (χ2n) is 7.85. The van der Waals surface area contributed by atoms with Crippen molar-refractivity contribution in [1.29, 1.82) is 5.26 Å². The monoisotopic (exact) mass is 471 g/mol. The number of anilines is 1. The van der Waals surface area contributed by atoms with Crippen LogP contribution in [0.15, 0.2) is 46.2 Å². The first-order valence-corrected chi connectivity index (χ1v) is 10.5. The van der Waals surface area contributed by atoms with Crippen molar-refractivity contribution in [3.63, 3.8) is 0 Å². The highest BCUT2D eigenvalue weighted by atomic mass is 35.5. The molecule has 0 spiro atoms. The van der Waals surface area contributed by atoms with E-state index in [1.807, 2.05) is 11.0 Å². The maximum Gasteiger partial charge on any atom is 0.338 e. The first kappa shape index (κ1) is 21.3. The van der Waals surface area contributed by atoms with Gasteiger partial charge in [0.25, 0.3) is 5.56 Å².